The van der Waals surface area contributed by atoms with Crippen LogP contribution in [0.1, 0.15) is 55.5 Å². The second-order valence-corrected chi connectivity index (χ2v) is 6.36. The zero-order valence-electron chi connectivity index (χ0n) is 11.7. The molecule has 0 aromatic heterocycles. The van der Waals surface area contributed by atoms with Crippen LogP contribution in [0.5, 0.6) is 0 Å². The number of hydrogen-bond donors (Lipinski definition) is 0. The summed E-state index contributed by atoms with van der Waals surface area (Å²) in [5.74, 6) is -2.04. The minimum absolute atomic E-state index is 0.237. The summed E-state index contributed by atoms with van der Waals surface area (Å²) in [5, 5.41) is 0. The SMILES string of the molecule is Cc1ccc(F)c(C(=O)C2CCC(C)(C)CC2)c1F. The standard InChI is InChI=1S/C16H20F2O/c1-10-4-5-12(17)13(14(10)18)15(19)11-6-8-16(2,3)9-7-11/h4-5,11H,6-9H2,1-3H3. The minimum atomic E-state index is -0.738. The Hall–Kier alpha value is -1.25. The molecule has 1 aliphatic rings. The van der Waals surface area contributed by atoms with Gasteiger partial charge in [0, 0.05) is 5.92 Å². The first kappa shape index (κ1) is 14.2. The Morgan fingerprint density at radius 2 is 1.79 bits per heavy atom. The fourth-order valence-electron chi connectivity index (χ4n) is 2.75. The maximum Gasteiger partial charge on any atom is 0.171 e. The number of halogens is 2. The summed E-state index contributed by atoms with van der Waals surface area (Å²) in [6.07, 6.45) is 3.30. The molecular formula is C16H20F2O. The minimum Gasteiger partial charge on any atom is -0.294 e. The molecule has 1 aromatic carbocycles. The molecule has 0 atom stereocenters. The number of ketones is 1. The summed E-state index contributed by atoms with van der Waals surface area (Å²) in [6, 6.07) is 2.55. The predicted octanol–water partition coefficient (Wildman–Crippen LogP) is 4.67. The number of rotatable bonds is 2. The van der Waals surface area contributed by atoms with Gasteiger partial charge in [0.15, 0.2) is 5.78 Å². The molecule has 1 fully saturated rings. The fourth-order valence-corrected chi connectivity index (χ4v) is 2.75. The molecule has 0 unspecified atom stereocenters. The quantitative estimate of drug-likeness (QED) is 0.711. The van der Waals surface area contributed by atoms with Crippen molar-refractivity contribution in [2.24, 2.45) is 11.3 Å². The van der Waals surface area contributed by atoms with Gasteiger partial charge in [0.2, 0.25) is 0 Å². The Kier molecular flexibility index (Phi) is 3.75. The van der Waals surface area contributed by atoms with Crippen molar-refractivity contribution in [2.75, 3.05) is 0 Å². The molecule has 0 radical (unpaired) electrons. The van der Waals surface area contributed by atoms with Gasteiger partial charge in [-0.05, 0) is 49.7 Å². The van der Waals surface area contributed by atoms with E-state index in [4.69, 9.17) is 0 Å². The molecule has 1 aliphatic carbocycles. The van der Waals surface area contributed by atoms with Crippen molar-refractivity contribution in [3.63, 3.8) is 0 Å². The molecule has 0 aliphatic heterocycles. The number of benzene rings is 1. The highest BCUT2D eigenvalue weighted by atomic mass is 19.1. The van der Waals surface area contributed by atoms with Gasteiger partial charge >= 0.3 is 0 Å². The van der Waals surface area contributed by atoms with Gasteiger partial charge in [0.25, 0.3) is 0 Å². The van der Waals surface area contributed by atoms with E-state index in [1.54, 1.807) is 6.92 Å². The van der Waals surface area contributed by atoms with Gasteiger partial charge in [0.1, 0.15) is 11.6 Å². The van der Waals surface area contributed by atoms with E-state index in [9.17, 15) is 13.6 Å². The van der Waals surface area contributed by atoms with Gasteiger partial charge in [-0.2, -0.15) is 0 Å². The van der Waals surface area contributed by atoms with Crippen LogP contribution in [-0.4, -0.2) is 5.78 Å². The lowest BCUT2D eigenvalue weighted by molar-refractivity contribution is 0.0829. The highest BCUT2D eigenvalue weighted by Crippen LogP contribution is 2.39. The van der Waals surface area contributed by atoms with Gasteiger partial charge in [-0.15, -0.1) is 0 Å². The average Bonchev–Trinajstić information content (AvgIpc) is 2.34. The largest absolute Gasteiger partial charge is 0.294 e. The van der Waals surface area contributed by atoms with Crippen molar-refractivity contribution in [1.29, 1.82) is 0 Å². The second-order valence-electron chi connectivity index (χ2n) is 6.36. The van der Waals surface area contributed by atoms with E-state index in [2.05, 4.69) is 13.8 Å². The summed E-state index contributed by atoms with van der Waals surface area (Å²) >= 11 is 0. The van der Waals surface area contributed by atoms with E-state index in [0.29, 0.717) is 5.56 Å². The first-order chi connectivity index (χ1) is 8.82. The molecule has 0 spiro atoms. The fraction of sp³-hybridized carbons (Fsp3) is 0.562. The van der Waals surface area contributed by atoms with E-state index in [1.807, 2.05) is 0 Å². The van der Waals surface area contributed by atoms with Crippen molar-refractivity contribution < 1.29 is 13.6 Å². The van der Waals surface area contributed by atoms with Crippen LogP contribution in [0.15, 0.2) is 12.1 Å². The molecule has 0 N–H and O–H groups in total. The number of carbonyl (C=O) groups excluding carboxylic acids is 1. The number of hydrogen-bond acceptors (Lipinski definition) is 1. The first-order valence-electron chi connectivity index (χ1n) is 6.81. The molecule has 1 aromatic rings. The average molecular weight is 266 g/mol. The topological polar surface area (TPSA) is 17.1 Å². The van der Waals surface area contributed by atoms with Gasteiger partial charge in [-0.25, -0.2) is 8.78 Å². The highest BCUT2D eigenvalue weighted by Gasteiger charge is 2.33. The maximum atomic E-state index is 14.0. The van der Waals surface area contributed by atoms with Gasteiger partial charge in [-0.3, -0.25) is 4.79 Å². The zero-order valence-corrected chi connectivity index (χ0v) is 11.7. The first-order valence-corrected chi connectivity index (χ1v) is 6.81. The van der Waals surface area contributed by atoms with E-state index in [-0.39, 0.29) is 22.7 Å². The number of aryl methyl sites for hydroxylation is 1. The third-order valence-electron chi connectivity index (χ3n) is 4.24. The zero-order chi connectivity index (χ0) is 14.2. The lowest BCUT2D eigenvalue weighted by Crippen LogP contribution is -2.27. The van der Waals surface area contributed by atoms with E-state index < -0.39 is 11.6 Å². The van der Waals surface area contributed by atoms with Crippen LogP contribution >= 0.6 is 0 Å². The van der Waals surface area contributed by atoms with Gasteiger partial charge < -0.3 is 0 Å². The smallest absolute Gasteiger partial charge is 0.171 e. The normalized spacial score (nSPS) is 19.4. The van der Waals surface area contributed by atoms with Crippen molar-refractivity contribution in [3.05, 3.63) is 34.9 Å². The van der Waals surface area contributed by atoms with Crippen LogP contribution in [0.3, 0.4) is 0 Å². The molecule has 104 valence electrons. The molecule has 3 heteroatoms. The van der Waals surface area contributed by atoms with Crippen LogP contribution < -0.4 is 0 Å². The Balaban J connectivity index is 2.24. The Morgan fingerprint density at radius 3 is 2.37 bits per heavy atom. The third-order valence-corrected chi connectivity index (χ3v) is 4.24. The summed E-state index contributed by atoms with van der Waals surface area (Å²) in [5.41, 5.74) is 0.214. The lowest BCUT2D eigenvalue weighted by atomic mass is 9.71. The number of carbonyl (C=O) groups is 1. The molecule has 0 saturated heterocycles. The molecular weight excluding hydrogens is 246 g/mol. The third kappa shape index (κ3) is 2.85. The molecule has 1 nitrogen and oxygen atoms in total. The lowest BCUT2D eigenvalue weighted by Gasteiger charge is -2.33. The van der Waals surface area contributed by atoms with E-state index in [1.165, 1.54) is 12.1 Å². The molecule has 19 heavy (non-hydrogen) atoms. The van der Waals surface area contributed by atoms with Crippen LogP contribution in [0.4, 0.5) is 8.78 Å². The van der Waals surface area contributed by atoms with Gasteiger partial charge in [0.05, 0.1) is 5.56 Å². The molecule has 0 amide bonds. The molecule has 2 rings (SSSR count). The summed E-state index contributed by atoms with van der Waals surface area (Å²) in [4.78, 5) is 12.3. The van der Waals surface area contributed by atoms with E-state index in [0.717, 1.165) is 25.7 Å². The second kappa shape index (κ2) is 5.03. The van der Waals surface area contributed by atoms with Crippen molar-refractivity contribution in [3.8, 4) is 0 Å². The van der Waals surface area contributed by atoms with Crippen molar-refractivity contribution in [2.45, 2.75) is 46.5 Å². The molecule has 0 heterocycles. The maximum absolute atomic E-state index is 14.0. The predicted molar refractivity (Wildman–Crippen MR) is 71.2 cm³/mol. The van der Waals surface area contributed by atoms with Gasteiger partial charge in [-0.1, -0.05) is 19.9 Å². The van der Waals surface area contributed by atoms with Crippen LogP contribution in [0, 0.1) is 29.9 Å². The Morgan fingerprint density at radius 1 is 1.21 bits per heavy atom. The molecule has 0 bridgehead atoms. The summed E-state index contributed by atoms with van der Waals surface area (Å²) < 4.78 is 27.7. The van der Waals surface area contributed by atoms with Crippen LogP contribution in [0.2, 0.25) is 0 Å². The van der Waals surface area contributed by atoms with E-state index >= 15 is 0 Å². The highest BCUT2D eigenvalue weighted by molar-refractivity contribution is 5.98. The monoisotopic (exact) mass is 266 g/mol. The summed E-state index contributed by atoms with van der Waals surface area (Å²) in [6.45, 7) is 5.89. The molecule has 1 saturated carbocycles. The number of Topliss-reactive ketones (excluding diaryl/α,β-unsaturated/α-hetero) is 1. The van der Waals surface area contributed by atoms with Crippen LogP contribution in [-0.2, 0) is 0 Å². The van der Waals surface area contributed by atoms with Crippen molar-refractivity contribution >= 4 is 5.78 Å². The Bertz CT molecular complexity index is 496. The van der Waals surface area contributed by atoms with Crippen molar-refractivity contribution in [1.82, 2.24) is 0 Å². The summed E-state index contributed by atoms with van der Waals surface area (Å²) in [7, 11) is 0. The van der Waals surface area contributed by atoms with Crippen LogP contribution in [0.25, 0.3) is 0 Å². The Labute approximate surface area is 113 Å².